The van der Waals surface area contributed by atoms with E-state index in [2.05, 4.69) is 26.1 Å². The Kier molecular flexibility index (Phi) is 4.86. The Labute approximate surface area is 155 Å². The van der Waals surface area contributed by atoms with Crippen LogP contribution in [0.5, 0.6) is 0 Å². The number of nitrogens with one attached hydrogen (secondary N) is 1. The van der Waals surface area contributed by atoms with E-state index in [0.717, 1.165) is 16.9 Å². The number of nitrogens with zero attached hydrogens (tertiary/aromatic N) is 1. The van der Waals surface area contributed by atoms with Crippen LogP contribution in [0, 0.1) is 12.8 Å². The molecule has 0 aliphatic carbocycles. The molecule has 1 atom stereocenters. The van der Waals surface area contributed by atoms with Gasteiger partial charge in [-0.2, -0.15) is 0 Å². The molecule has 0 unspecified atom stereocenters. The first-order valence-corrected chi connectivity index (χ1v) is 9.02. The maximum Gasteiger partial charge on any atom is 0.229 e. The fraction of sp³-hybridized carbons (Fsp3) is 0.364. The Bertz CT molecular complexity index is 802. The smallest absolute Gasteiger partial charge is 0.229 e. The van der Waals surface area contributed by atoms with E-state index in [0.29, 0.717) is 6.54 Å². The maximum atomic E-state index is 12.6. The zero-order valence-electron chi connectivity index (χ0n) is 15.9. The van der Waals surface area contributed by atoms with Crippen LogP contribution in [0.25, 0.3) is 0 Å². The first-order valence-electron chi connectivity index (χ1n) is 9.02. The third kappa shape index (κ3) is 3.96. The number of amides is 2. The van der Waals surface area contributed by atoms with Gasteiger partial charge in [0.15, 0.2) is 0 Å². The Morgan fingerprint density at radius 1 is 1.04 bits per heavy atom. The number of rotatable bonds is 3. The zero-order chi connectivity index (χ0) is 18.9. The Morgan fingerprint density at radius 3 is 2.23 bits per heavy atom. The van der Waals surface area contributed by atoms with E-state index in [1.165, 1.54) is 5.56 Å². The van der Waals surface area contributed by atoms with Gasteiger partial charge in [0.05, 0.1) is 5.92 Å². The van der Waals surface area contributed by atoms with Gasteiger partial charge in [0.2, 0.25) is 11.8 Å². The lowest BCUT2D eigenvalue weighted by molar-refractivity contribution is -0.122. The minimum atomic E-state index is -0.328. The highest BCUT2D eigenvalue weighted by molar-refractivity contribution is 6.03. The van der Waals surface area contributed by atoms with Gasteiger partial charge in [-0.1, -0.05) is 50.6 Å². The first-order chi connectivity index (χ1) is 12.2. The number of benzene rings is 2. The molecule has 0 radical (unpaired) electrons. The van der Waals surface area contributed by atoms with Crippen LogP contribution < -0.4 is 10.2 Å². The van der Waals surface area contributed by atoms with Crippen molar-refractivity contribution in [3.63, 3.8) is 0 Å². The predicted octanol–water partition coefficient (Wildman–Crippen LogP) is 4.28. The molecule has 1 saturated heterocycles. The molecule has 0 bridgehead atoms. The maximum absolute atomic E-state index is 12.6. The fourth-order valence-electron chi connectivity index (χ4n) is 3.16. The monoisotopic (exact) mass is 350 g/mol. The van der Waals surface area contributed by atoms with Gasteiger partial charge < -0.3 is 10.2 Å². The van der Waals surface area contributed by atoms with Crippen molar-refractivity contribution in [2.24, 2.45) is 5.92 Å². The summed E-state index contributed by atoms with van der Waals surface area (Å²) in [5.41, 5.74) is 4.06. The van der Waals surface area contributed by atoms with Gasteiger partial charge in [-0.3, -0.25) is 9.59 Å². The molecule has 3 rings (SSSR count). The Morgan fingerprint density at radius 2 is 1.65 bits per heavy atom. The van der Waals surface area contributed by atoms with E-state index in [4.69, 9.17) is 0 Å². The van der Waals surface area contributed by atoms with E-state index in [-0.39, 0.29) is 29.6 Å². The van der Waals surface area contributed by atoms with Gasteiger partial charge in [0.25, 0.3) is 0 Å². The third-order valence-electron chi connectivity index (χ3n) is 4.86. The van der Waals surface area contributed by atoms with Gasteiger partial charge in [-0.25, -0.2) is 0 Å². The Balaban J connectivity index is 1.65. The molecular weight excluding hydrogens is 324 g/mol. The number of anilines is 2. The summed E-state index contributed by atoms with van der Waals surface area (Å²) < 4.78 is 0. The summed E-state index contributed by atoms with van der Waals surface area (Å²) in [7, 11) is 0. The largest absolute Gasteiger partial charge is 0.326 e. The predicted molar refractivity (Wildman–Crippen MR) is 105 cm³/mol. The van der Waals surface area contributed by atoms with Crippen molar-refractivity contribution < 1.29 is 9.59 Å². The van der Waals surface area contributed by atoms with Crippen molar-refractivity contribution in [3.8, 4) is 0 Å². The van der Waals surface area contributed by atoms with Crippen molar-refractivity contribution in [1.29, 1.82) is 0 Å². The molecule has 26 heavy (non-hydrogen) atoms. The van der Waals surface area contributed by atoms with Gasteiger partial charge >= 0.3 is 0 Å². The molecule has 0 aromatic heterocycles. The topological polar surface area (TPSA) is 49.4 Å². The number of hydrogen-bond donors (Lipinski definition) is 1. The summed E-state index contributed by atoms with van der Waals surface area (Å²) in [6.07, 6.45) is 0.250. The van der Waals surface area contributed by atoms with Crippen LogP contribution in [0.1, 0.15) is 38.3 Å². The second-order valence-corrected chi connectivity index (χ2v) is 8.06. The van der Waals surface area contributed by atoms with E-state index in [1.807, 2.05) is 55.5 Å². The van der Waals surface area contributed by atoms with Crippen molar-refractivity contribution in [2.45, 2.75) is 39.5 Å². The SMILES string of the molecule is Cc1ccc(N2C[C@H](C(=O)Nc3ccc(C(C)(C)C)cc3)CC2=O)cc1. The van der Waals surface area contributed by atoms with Gasteiger partial charge in [-0.15, -0.1) is 0 Å². The van der Waals surface area contributed by atoms with E-state index >= 15 is 0 Å². The normalized spacial score (nSPS) is 17.5. The van der Waals surface area contributed by atoms with Gasteiger partial charge in [-0.05, 0) is 42.2 Å². The molecule has 4 nitrogen and oxygen atoms in total. The molecule has 1 fully saturated rings. The molecule has 1 aliphatic heterocycles. The second kappa shape index (κ2) is 6.94. The third-order valence-corrected chi connectivity index (χ3v) is 4.86. The van der Waals surface area contributed by atoms with Crippen LogP contribution in [0.15, 0.2) is 48.5 Å². The van der Waals surface area contributed by atoms with Crippen LogP contribution in [-0.2, 0) is 15.0 Å². The summed E-state index contributed by atoms with van der Waals surface area (Å²) in [4.78, 5) is 26.6. The average molecular weight is 350 g/mol. The summed E-state index contributed by atoms with van der Waals surface area (Å²) >= 11 is 0. The number of carbonyl (C=O) groups is 2. The van der Waals surface area contributed by atoms with E-state index < -0.39 is 0 Å². The minimum absolute atomic E-state index is 0.00270. The molecule has 0 spiro atoms. The lowest BCUT2D eigenvalue weighted by atomic mass is 9.87. The quantitative estimate of drug-likeness (QED) is 0.898. The summed E-state index contributed by atoms with van der Waals surface area (Å²) in [5, 5.41) is 2.95. The number of aryl methyl sites for hydroxylation is 1. The molecule has 1 aliphatic rings. The van der Waals surface area contributed by atoms with Crippen molar-refractivity contribution >= 4 is 23.2 Å². The van der Waals surface area contributed by atoms with Crippen molar-refractivity contribution in [1.82, 2.24) is 0 Å². The highest BCUT2D eigenvalue weighted by Gasteiger charge is 2.35. The van der Waals surface area contributed by atoms with Crippen molar-refractivity contribution in [3.05, 3.63) is 59.7 Å². The number of carbonyl (C=O) groups excluding carboxylic acids is 2. The molecule has 2 aromatic rings. The molecule has 1 N–H and O–H groups in total. The van der Waals surface area contributed by atoms with Crippen molar-refractivity contribution in [2.75, 3.05) is 16.8 Å². The van der Waals surface area contributed by atoms with Crippen LogP contribution in [0.2, 0.25) is 0 Å². The average Bonchev–Trinajstić information content (AvgIpc) is 2.97. The van der Waals surface area contributed by atoms with Crippen LogP contribution in [0.4, 0.5) is 11.4 Å². The van der Waals surface area contributed by atoms with Crippen LogP contribution in [-0.4, -0.2) is 18.4 Å². The summed E-state index contributed by atoms with van der Waals surface area (Å²) in [6.45, 7) is 8.91. The summed E-state index contributed by atoms with van der Waals surface area (Å²) in [6, 6.07) is 15.7. The minimum Gasteiger partial charge on any atom is -0.326 e. The van der Waals surface area contributed by atoms with Crippen LogP contribution >= 0.6 is 0 Å². The van der Waals surface area contributed by atoms with Gasteiger partial charge in [0, 0.05) is 24.3 Å². The molecule has 2 aromatic carbocycles. The lowest BCUT2D eigenvalue weighted by Crippen LogP contribution is -2.28. The highest BCUT2D eigenvalue weighted by atomic mass is 16.2. The van der Waals surface area contributed by atoms with Gasteiger partial charge in [0.1, 0.15) is 0 Å². The molecule has 136 valence electrons. The molecule has 1 heterocycles. The molecule has 0 saturated carbocycles. The molecular formula is C22H26N2O2. The zero-order valence-corrected chi connectivity index (χ0v) is 15.9. The lowest BCUT2D eigenvalue weighted by Gasteiger charge is -2.19. The fourth-order valence-corrected chi connectivity index (χ4v) is 3.16. The van der Waals surface area contributed by atoms with E-state index in [9.17, 15) is 9.59 Å². The summed E-state index contributed by atoms with van der Waals surface area (Å²) in [5.74, 6) is -0.431. The van der Waals surface area contributed by atoms with E-state index in [1.54, 1.807) is 4.90 Å². The second-order valence-electron chi connectivity index (χ2n) is 8.06. The molecule has 2 amide bonds. The van der Waals surface area contributed by atoms with Crippen LogP contribution in [0.3, 0.4) is 0 Å². The molecule has 4 heteroatoms. The highest BCUT2D eigenvalue weighted by Crippen LogP contribution is 2.27. The standard InChI is InChI=1S/C22H26N2O2/c1-15-5-11-19(12-6-15)24-14-16(13-20(24)25)21(26)23-18-9-7-17(8-10-18)22(2,3)4/h5-12,16H,13-14H2,1-4H3,(H,23,26)/t16-/m1/s1. The number of hydrogen-bond acceptors (Lipinski definition) is 2. The Hall–Kier alpha value is -2.62. The first kappa shape index (κ1) is 18.2.